The van der Waals surface area contributed by atoms with E-state index in [0.717, 1.165) is 18.6 Å². The summed E-state index contributed by atoms with van der Waals surface area (Å²) in [6.07, 6.45) is 5.13. The van der Waals surface area contributed by atoms with E-state index in [1.165, 1.54) is 6.08 Å². The third-order valence-corrected chi connectivity index (χ3v) is 2.26. The minimum absolute atomic E-state index is 0.176. The summed E-state index contributed by atoms with van der Waals surface area (Å²) in [6.45, 7) is 2.11. The number of unbranched alkanes of at least 4 members (excludes halogenated alkanes) is 1. The smallest absolute Gasteiger partial charge is 0.244 e. The largest absolute Gasteiger partial charge is 0.342 e. The molecule has 84 valence electrons. The van der Waals surface area contributed by atoms with Crippen LogP contribution in [-0.2, 0) is 9.53 Å². The molecule has 1 aliphatic rings. The highest BCUT2D eigenvalue weighted by atomic mass is 19.2. The van der Waals surface area contributed by atoms with Crippen LogP contribution in [0, 0.1) is 5.92 Å². The molecule has 0 aromatic rings. The summed E-state index contributed by atoms with van der Waals surface area (Å²) < 4.78 is 32.0. The summed E-state index contributed by atoms with van der Waals surface area (Å²) in [6, 6.07) is 0. The molecular formula is C11H14F2O2. The summed E-state index contributed by atoms with van der Waals surface area (Å²) in [5.74, 6) is -4.60. The molecule has 0 radical (unpaired) electrons. The van der Waals surface area contributed by atoms with Crippen LogP contribution in [-0.4, -0.2) is 18.7 Å². The Labute approximate surface area is 87.6 Å². The second kappa shape index (κ2) is 5.16. The van der Waals surface area contributed by atoms with Crippen molar-refractivity contribution in [2.45, 2.75) is 25.6 Å². The average molecular weight is 216 g/mol. The summed E-state index contributed by atoms with van der Waals surface area (Å²) in [5.41, 5.74) is 0. The first-order chi connectivity index (χ1) is 7.14. The zero-order valence-corrected chi connectivity index (χ0v) is 8.58. The number of ether oxygens (including phenoxy) is 1. The van der Waals surface area contributed by atoms with Crippen LogP contribution >= 0.6 is 0 Å². The predicted molar refractivity (Wildman–Crippen MR) is 52.6 cm³/mol. The van der Waals surface area contributed by atoms with Crippen molar-refractivity contribution in [3.63, 3.8) is 0 Å². The van der Waals surface area contributed by atoms with Crippen LogP contribution in [0.1, 0.15) is 19.8 Å². The first-order valence-electron chi connectivity index (χ1n) is 4.97. The molecule has 0 N–H and O–H groups in total. The number of hydrogen-bond acceptors (Lipinski definition) is 2. The molecule has 4 heteroatoms. The van der Waals surface area contributed by atoms with Crippen LogP contribution in [0.4, 0.5) is 8.78 Å². The van der Waals surface area contributed by atoms with Crippen LogP contribution in [0.25, 0.3) is 0 Å². The molecule has 0 saturated carbocycles. The van der Waals surface area contributed by atoms with Crippen molar-refractivity contribution in [1.82, 2.24) is 0 Å². The van der Waals surface area contributed by atoms with Gasteiger partial charge in [-0.3, -0.25) is 0 Å². The molecule has 0 amide bonds. The SMILES string of the molecule is CCCCOC1(F)C=CC=C(F)C1C=O. The monoisotopic (exact) mass is 216 g/mol. The number of rotatable bonds is 5. The number of hydrogen-bond donors (Lipinski definition) is 0. The number of alkyl halides is 1. The molecule has 1 rings (SSSR count). The zero-order chi connectivity index (χ0) is 11.3. The van der Waals surface area contributed by atoms with Crippen molar-refractivity contribution >= 4 is 6.29 Å². The fourth-order valence-electron chi connectivity index (χ4n) is 1.34. The number of allylic oxidation sites excluding steroid dienone is 2. The van der Waals surface area contributed by atoms with Crippen molar-refractivity contribution in [3.05, 3.63) is 24.1 Å². The van der Waals surface area contributed by atoms with E-state index in [0.29, 0.717) is 6.42 Å². The summed E-state index contributed by atoms with van der Waals surface area (Å²) in [5, 5.41) is 0. The Morgan fingerprint density at radius 1 is 1.67 bits per heavy atom. The van der Waals surface area contributed by atoms with Crippen molar-refractivity contribution in [2.24, 2.45) is 5.92 Å². The fraction of sp³-hybridized carbons (Fsp3) is 0.545. The van der Waals surface area contributed by atoms with E-state index >= 15 is 0 Å². The molecule has 0 aliphatic heterocycles. The van der Waals surface area contributed by atoms with Gasteiger partial charge in [0.25, 0.3) is 0 Å². The van der Waals surface area contributed by atoms with Gasteiger partial charge in [-0.15, -0.1) is 0 Å². The Bertz CT molecular complexity index is 286. The van der Waals surface area contributed by atoms with Gasteiger partial charge in [-0.05, 0) is 18.6 Å². The summed E-state index contributed by atoms with van der Waals surface area (Å²) >= 11 is 0. The second-order valence-electron chi connectivity index (χ2n) is 3.42. The molecule has 0 aromatic carbocycles. The number of carbonyl (C=O) groups is 1. The van der Waals surface area contributed by atoms with E-state index in [4.69, 9.17) is 4.74 Å². The summed E-state index contributed by atoms with van der Waals surface area (Å²) in [4.78, 5) is 10.6. The quantitative estimate of drug-likeness (QED) is 0.521. The van der Waals surface area contributed by atoms with Gasteiger partial charge in [0.1, 0.15) is 18.0 Å². The maximum atomic E-state index is 14.0. The molecule has 1 aliphatic carbocycles. The normalized spacial score (nSPS) is 30.1. The van der Waals surface area contributed by atoms with Gasteiger partial charge in [0.2, 0.25) is 5.85 Å². The van der Waals surface area contributed by atoms with Crippen molar-refractivity contribution in [2.75, 3.05) is 6.61 Å². The molecule has 2 nitrogen and oxygen atoms in total. The van der Waals surface area contributed by atoms with E-state index < -0.39 is 17.6 Å². The number of carbonyl (C=O) groups excluding carboxylic acids is 1. The van der Waals surface area contributed by atoms with Crippen LogP contribution in [0.3, 0.4) is 0 Å². The van der Waals surface area contributed by atoms with E-state index in [9.17, 15) is 13.6 Å². The molecule has 0 saturated heterocycles. The van der Waals surface area contributed by atoms with Gasteiger partial charge >= 0.3 is 0 Å². The minimum Gasteiger partial charge on any atom is -0.342 e. The van der Waals surface area contributed by atoms with Gasteiger partial charge in [0.15, 0.2) is 0 Å². The maximum absolute atomic E-state index is 14.0. The van der Waals surface area contributed by atoms with E-state index in [1.54, 1.807) is 0 Å². The van der Waals surface area contributed by atoms with Gasteiger partial charge in [0, 0.05) is 0 Å². The Morgan fingerprint density at radius 3 is 3.00 bits per heavy atom. The molecule has 0 heterocycles. The van der Waals surface area contributed by atoms with E-state index in [1.807, 2.05) is 6.92 Å². The molecule has 0 fully saturated rings. The Kier molecular flexibility index (Phi) is 4.15. The van der Waals surface area contributed by atoms with Gasteiger partial charge in [0.05, 0.1) is 6.61 Å². The van der Waals surface area contributed by atoms with Crippen molar-refractivity contribution in [3.8, 4) is 0 Å². The van der Waals surface area contributed by atoms with E-state index in [-0.39, 0.29) is 12.9 Å². The first-order valence-corrected chi connectivity index (χ1v) is 4.97. The van der Waals surface area contributed by atoms with Crippen molar-refractivity contribution < 1.29 is 18.3 Å². The first kappa shape index (κ1) is 12.0. The van der Waals surface area contributed by atoms with Crippen LogP contribution in [0.5, 0.6) is 0 Å². The predicted octanol–water partition coefficient (Wildman–Crippen LogP) is 2.71. The van der Waals surface area contributed by atoms with Crippen LogP contribution in [0.2, 0.25) is 0 Å². The third-order valence-electron chi connectivity index (χ3n) is 2.26. The number of aldehydes is 1. The number of halogens is 2. The Hall–Kier alpha value is -1.03. The molecule has 2 unspecified atom stereocenters. The minimum atomic E-state index is -2.32. The zero-order valence-electron chi connectivity index (χ0n) is 8.58. The van der Waals surface area contributed by atoms with Crippen LogP contribution < -0.4 is 0 Å². The lowest BCUT2D eigenvalue weighted by molar-refractivity contribution is -0.150. The van der Waals surface area contributed by atoms with Crippen molar-refractivity contribution in [1.29, 1.82) is 0 Å². The fourth-order valence-corrected chi connectivity index (χ4v) is 1.34. The highest BCUT2D eigenvalue weighted by Gasteiger charge is 2.42. The topological polar surface area (TPSA) is 26.3 Å². The van der Waals surface area contributed by atoms with Gasteiger partial charge in [-0.2, -0.15) is 0 Å². The Balaban J connectivity index is 2.69. The second-order valence-corrected chi connectivity index (χ2v) is 3.42. The molecule has 0 bridgehead atoms. The molecule has 15 heavy (non-hydrogen) atoms. The van der Waals surface area contributed by atoms with Gasteiger partial charge in [-0.25, -0.2) is 8.78 Å². The molecule has 0 aromatic heterocycles. The molecule has 0 spiro atoms. The lowest BCUT2D eigenvalue weighted by Crippen LogP contribution is -2.37. The Morgan fingerprint density at radius 2 is 2.40 bits per heavy atom. The lowest BCUT2D eigenvalue weighted by atomic mass is 9.95. The molecular weight excluding hydrogens is 202 g/mol. The standard InChI is InChI=1S/C11H14F2O2/c1-2-3-7-15-11(13)6-4-5-10(12)9(11)8-14/h4-6,8-9H,2-3,7H2,1H3. The lowest BCUT2D eigenvalue weighted by Gasteiger charge is -2.28. The van der Waals surface area contributed by atoms with E-state index in [2.05, 4.69) is 0 Å². The average Bonchev–Trinajstić information content (AvgIpc) is 2.18. The van der Waals surface area contributed by atoms with Gasteiger partial charge < -0.3 is 9.53 Å². The highest BCUT2D eigenvalue weighted by molar-refractivity contribution is 5.62. The maximum Gasteiger partial charge on any atom is 0.244 e. The highest BCUT2D eigenvalue weighted by Crippen LogP contribution is 2.34. The van der Waals surface area contributed by atoms with Gasteiger partial charge in [-0.1, -0.05) is 19.4 Å². The van der Waals surface area contributed by atoms with Crippen LogP contribution in [0.15, 0.2) is 24.1 Å². The molecule has 2 atom stereocenters. The summed E-state index contributed by atoms with van der Waals surface area (Å²) in [7, 11) is 0. The third kappa shape index (κ3) is 2.72.